The summed E-state index contributed by atoms with van der Waals surface area (Å²) in [6.45, 7) is 9.05. The SMILES string of the molecule is CC(C)(C)OC(=O)CC[C@@H](C(N)=O)N1Cc2c(OCc3cc(CN4CCOCC4)ccc3F)cccc2C1=O.S. The molecule has 0 unspecified atom stereocenters. The van der Waals surface area contributed by atoms with Crippen molar-refractivity contribution in [2.24, 2.45) is 5.73 Å². The number of hydrogen-bond donors (Lipinski definition) is 1. The summed E-state index contributed by atoms with van der Waals surface area (Å²) in [5.74, 6) is -1.50. The largest absolute Gasteiger partial charge is 0.488 e. The van der Waals surface area contributed by atoms with Gasteiger partial charge in [-0.05, 0) is 57.0 Å². The zero-order valence-electron chi connectivity index (χ0n) is 23.2. The Bertz CT molecular complexity index is 1230. The maximum atomic E-state index is 14.6. The fourth-order valence-electron chi connectivity index (χ4n) is 4.82. The van der Waals surface area contributed by atoms with Crippen molar-refractivity contribution in [3.63, 3.8) is 0 Å². The number of esters is 1. The van der Waals surface area contributed by atoms with Gasteiger partial charge in [-0.2, -0.15) is 13.5 Å². The van der Waals surface area contributed by atoms with Crippen LogP contribution >= 0.6 is 13.5 Å². The molecule has 0 bridgehead atoms. The second-order valence-corrected chi connectivity index (χ2v) is 10.9. The van der Waals surface area contributed by atoms with Crippen molar-refractivity contribution in [3.8, 4) is 5.75 Å². The van der Waals surface area contributed by atoms with E-state index in [1.165, 1.54) is 11.0 Å². The summed E-state index contributed by atoms with van der Waals surface area (Å²) in [6, 6.07) is 9.07. The summed E-state index contributed by atoms with van der Waals surface area (Å²) in [5.41, 5.74) is 7.34. The third-order valence-electron chi connectivity index (χ3n) is 6.70. The van der Waals surface area contributed by atoms with Gasteiger partial charge < -0.3 is 24.8 Å². The van der Waals surface area contributed by atoms with E-state index < -0.39 is 23.5 Å². The molecule has 2 heterocycles. The van der Waals surface area contributed by atoms with Crippen molar-refractivity contribution in [1.82, 2.24) is 9.80 Å². The molecule has 2 aliphatic rings. The van der Waals surface area contributed by atoms with E-state index in [0.717, 1.165) is 18.7 Å². The van der Waals surface area contributed by atoms with Crippen LogP contribution in [0.2, 0.25) is 0 Å². The smallest absolute Gasteiger partial charge is 0.306 e. The highest BCUT2D eigenvalue weighted by molar-refractivity contribution is 7.59. The Balaban J connectivity index is 0.00000441. The molecule has 0 saturated carbocycles. The predicted molar refractivity (Wildman–Crippen MR) is 152 cm³/mol. The topological polar surface area (TPSA) is 111 Å². The molecule has 0 spiro atoms. The van der Waals surface area contributed by atoms with Gasteiger partial charge in [0.1, 0.15) is 29.8 Å². The number of ether oxygens (including phenoxy) is 3. The van der Waals surface area contributed by atoms with Crippen LogP contribution in [0.4, 0.5) is 4.39 Å². The Labute approximate surface area is 241 Å². The lowest BCUT2D eigenvalue weighted by atomic mass is 10.1. The van der Waals surface area contributed by atoms with Crippen molar-refractivity contribution in [2.45, 2.75) is 65.0 Å². The standard InChI is InChI=1S/C29H36FN3O6.H2S/c1-29(2,3)39-26(34)10-9-24(27(31)35)33-17-22-21(28(33)36)5-4-6-25(22)38-18-20-15-19(7-8-23(20)30)16-32-11-13-37-14-12-32;/h4-8,15,24H,9-14,16-18H2,1-3H3,(H2,31,35);1H2/t24-;/m0./s1. The Morgan fingerprint density at radius 2 is 1.88 bits per heavy atom. The number of nitrogens with two attached hydrogens (primary N) is 1. The number of carbonyl (C=O) groups is 3. The van der Waals surface area contributed by atoms with Crippen LogP contribution in [0.3, 0.4) is 0 Å². The number of benzene rings is 2. The van der Waals surface area contributed by atoms with E-state index in [2.05, 4.69) is 4.90 Å². The highest BCUT2D eigenvalue weighted by atomic mass is 32.1. The summed E-state index contributed by atoms with van der Waals surface area (Å²) < 4.78 is 31.4. The average Bonchev–Trinajstić information content (AvgIpc) is 3.20. The lowest BCUT2D eigenvalue weighted by molar-refractivity contribution is -0.155. The van der Waals surface area contributed by atoms with Crippen molar-refractivity contribution < 1.29 is 33.0 Å². The van der Waals surface area contributed by atoms with Gasteiger partial charge in [0.25, 0.3) is 5.91 Å². The molecule has 1 saturated heterocycles. The number of morpholine rings is 1. The van der Waals surface area contributed by atoms with Gasteiger partial charge in [0.05, 0.1) is 19.8 Å². The van der Waals surface area contributed by atoms with Crippen molar-refractivity contribution in [1.29, 1.82) is 0 Å². The minimum Gasteiger partial charge on any atom is -0.488 e. The highest BCUT2D eigenvalue weighted by Gasteiger charge is 2.37. The number of rotatable bonds is 10. The molecule has 11 heteroatoms. The Morgan fingerprint density at radius 3 is 2.55 bits per heavy atom. The van der Waals surface area contributed by atoms with Crippen LogP contribution in [-0.2, 0) is 38.8 Å². The van der Waals surface area contributed by atoms with Crippen LogP contribution in [-0.4, -0.2) is 65.5 Å². The van der Waals surface area contributed by atoms with Gasteiger partial charge >= 0.3 is 5.97 Å². The monoisotopic (exact) mass is 575 g/mol. The number of hydrogen-bond acceptors (Lipinski definition) is 7. The van der Waals surface area contributed by atoms with Gasteiger partial charge in [0, 0.05) is 42.7 Å². The predicted octanol–water partition coefficient (Wildman–Crippen LogP) is 3.28. The summed E-state index contributed by atoms with van der Waals surface area (Å²) in [5, 5.41) is 0. The zero-order valence-corrected chi connectivity index (χ0v) is 24.2. The fraction of sp³-hybridized carbons (Fsp3) is 0.483. The van der Waals surface area contributed by atoms with Gasteiger partial charge in [-0.25, -0.2) is 4.39 Å². The molecule has 1 fully saturated rings. The number of primary amides is 1. The van der Waals surface area contributed by atoms with Crippen molar-refractivity contribution in [3.05, 3.63) is 64.5 Å². The van der Waals surface area contributed by atoms with Gasteiger partial charge in [-0.3, -0.25) is 19.3 Å². The summed E-state index contributed by atoms with van der Waals surface area (Å²) in [6.07, 6.45) is -0.0181. The van der Waals surface area contributed by atoms with Crippen LogP contribution in [0.25, 0.3) is 0 Å². The lowest BCUT2D eigenvalue weighted by Crippen LogP contribution is -2.45. The first-order valence-electron chi connectivity index (χ1n) is 13.2. The van der Waals surface area contributed by atoms with E-state index in [4.69, 9.17) is 19.9 Å². The minimum atomic E-state index is -0.986. The molecule has 2 aromatic carbocycles. The molecule has 0 radical (unpaired) electrons. The van der Waals surface area contributed by atoms with E-state index in [9.17, 15) is 18.8 Å². The van der Waals surface area contributed by atoms with Gasteiger partial charge in [-0.15, -0.1) is 0 Å². The summed E-state index contributed by atoms with van der Waals surface area (Å²) >= 11 is 0. The molecule has 40 heavy (non-hydrogen) atoms. The molecule has 218 valence electrons. The molecule has 2 N–H and O–H groups in total. The molecular weight excluding hydrogens is 537 g/mol. The maximum Gasteiger partial charge on any atom is 0.306 e. The second-order valence-electron chi connectivity index (χ2n) is 10.9. The maximum absolute atomic E-state index is 14.6. The van der Waals surface area contributed by atoms with Crippen LogP contribution in [0.15, 0.2) is 36.4 Å². The van der Waals surface area contributed by atoms with Crippen LogP contribution in [0, 0.1) is 5.82 Å². The molecule has 2 aromatic rings. The molecule has 9 nitrogen and oxygen atoms in total. The third kappa shape index (κ3) is 7.96. The van der Waals surface area contributed by atoms with Gasteiger partial charge in [0.2, 0.25) is 5.91 Å². The Kier molecular flexibility index (Phi) is 10.6. The molecule has 1 atom stereocenters. The number of amides is 2. The second kappa shape index (κ2) is 13.5. The average molecular weight is 576 g/mol. The van der Waals surface area contributed by atoms with E-state index in [1.807, 2.05) is 0 Å². The van der Waals surface area contributed by atoms with Gasteiger partial charge in [-0.1, -0.05) is 12.1 Å². The van der Waals surface area contributed by atoms with E-state index in [0.29, 0.717) is 42.2 Å². The van der Waals surface area contributed by atoms with E-state index in [-0.39, 0.29) is 51.2 Å². The highest BCUT2D eigenvalue weighted by Crippen LogP contribution is 2.33. The number of carbonyl (C=O) groups excluding carboxylic acids is 3. The Hall–Kier alpha value is -3.15. The molecule has 0 aromatic heterocycles. The molecule has 4 rings (SSSR count). The lowest BCUT2D eigenvalue weighted by Gasteiger charge is -2.26. The summed E-state index contributed by atoms with van der Waals surface area (Å²) in [7, 11) is 0. The van der Waals surface area contributed by atoms with Gasteiger partial charge in [0.15, 0.2) is 0 Å². The Morgan fingerprint density at radius 1 is 1.15 bits per heavy atom. The quantitative estimate of drug-likeness (QED) is 0.433. The normalized spacial score (nSPS) is 16.2. The van der Waals surface area contributed by atoms with Crippen LogP contribution in [0.5, 0.6) is 5.75 Å². The number of nitrogens with zero attached hydrogens (tertiary/aromatic N) is 2. The molecular formula is C29H38FN3O6S. The first-order valence-corrected chi connectivity index (χ1v) is 13.2. The molecule has 2 aliphatic heterocycles. The molecule has 0 aliphatic carbocycles. The van der Waals surface area contributed by atoms with Crippen LogP contribution in [0.1, 0.15) is 60.7 Å². The van der Waals surface area contributed by atoms with Crippen molar-refractivity contribution >= 4 is 31.3 Å². The number of fused-ring (bicyclic) bond motifs is 1. The fourth-order valence-corrected chi connectivity index (χ4v) is 4.82. The summed E-state index contributed by atoms with van der Waals surface area (Å²) in [4.78, 5) is 41.3. The third-order valence-corrected chi connectivity index (χ3v) is 6.70. The minimum absolute atomic E-state index is 0. The zero-order chi connectivity index (χ0) is 28.2. The van der Waals surface area contributed by atoms with Crippen molar-refractivity contribution in [2.75, 3.05) is 26.3 Å². The first-order chi connectivity index (χ1) is 18.5. The molecule has 2 amide bonds. The van der Waals surface area contributed by atoms with Crippen LogP contribution < -0.4 is 10.5 Å². The van der Waals surface area contributed by atoms with E-state index in [1.54, 1.807) is 51.1 Å². The number of halogens is 1. The first kappa shape index (κ1) is 31.4. The van der Waals surface area contributed by atoms with E-state index >= 15 is 0 Å².